The van der Waals surface area contributed by atoms with Gasteiger partial charge in [0.15, 0.2) is 0 Å². The Balaban J connectivity index is 2.05. The van der Waals surface area contributed by atoms with E-state index in [1.54, 1.807) is 32.9 Å². The van der Waals surface area contributed by atoms with Crippen molar-refractivity contribution >= 4 is 29.5 Å². The molecule has 5 N–H and O–H groups in total. The minimum Gasteiger partial charge on any atom is -0.508 e. The monoisotopic (exact) mass is 552 g/mol. The fraction of sp³-hybridized carbons (Fsp3) is 0.467. The van der Waals surface area contributed by atoms with Gasteiger partial charge >= 0.3 is 6.09 Å². The number of carbonyl (C=O) groups excluding carboxylic acids is 4. The maximum Gasteiger partial charge on any atom is 0.408 e. The zero-order chi connectivity index (χ0) is 29.6. The maximum absolute atomic E-state index is 14.2. The van der Waals surface area contributed by atoms with E-state index in [-0.39, 0.29) is 24.6 Å². The third kappa shape index (κ3) is 7.97. The van der Waals surface area contributed by atoms with Gasteiger partial charge in [0.1, 0.15) is 23.4 Å². The number of para-hydroxylation sites is 1. The van der Waals surface area contributed by atoms with Gasteiger partial charge in [-0.15, -0.1) is 0 Å². The van der Waals surface area contributed by atoms with E-state index >= 15 is 0 Å². The van der Waals surface area contributed by atoms with E-state index in [0.29, 0.717) is 24.1 Å². The third-order valence-electron chi connectivity index (χ3n) is 6.83. The molecule has 2 aromatic carbocycles. The number of phenolic OH excluding ortho intramolecular Hbond substituents is 1. The maximum atomic E-state index is 14.2. The molecule has 1 aliphatic carbocycles. The van der Waals surface area contributed by atoms with Gasteiger partial charge in [0.05, 0.1) is 0 Å². The quantitative estimate of drug-likeness (QED) is 0.346. The predicted molar refractivity (Wildman–Crippen MR) is 151 cm³/mol. The topological polar surface area (TPSA) is 151 Å². The number of nitrogens with two attached hydrogens (primary N) is 1. The Labute approximate surface area is 235 Å². The zero-order valence-electron chi connectivity index (χ0n) is 23.8. The Morgan fingerprint density at radius 3 is 2.23 bits per heavy atom. The van der Waals surface area contributed by atoms with Gasteiger partial charge < -0.3 is 31.1 Å². The van der Waals surface area contributed by atoms with Crippen LogP contribution in [0.15, 0.2) is 42.5 Å². The molecule has 0 bridgehead atoms. The summed E-state index contributed by atoms with van der Waals surface area (Å²) in [5.41, 5.74) is 7.32. The van der Waals surface area contributed by atoms with E-state index in [9.17, 15) is 24.3 Å². The number of alkyl carbamates (subject to hydrolysis) is 1. The first-order chi connectivity index (χ1) is 18.8. The van der Waals surface area contributed by atoms with Gasteiger partial charge in [0.2, 0.25) is 11.8 Å². The van der Waals surface area contributed by atoms with Crippen molar-refractivity contribution < 1.29 is 29.0 Å². The SMILES string of the molecule is Cc1cccc(C)c1NC(=O)C(c1cccc(O)c1)N(C(=O)C(CCC(N)=O)NC(=O)OC(C)(C)C)C1CCC1. The van der Waals surface area contributed by atoms with Crippen molar-refractivity contribution in [3.8, 4) is 5.75 Å². The average Bonchev–Trinajstić information content (AvgIpc) is 2.81. The van der Waals surface area contributed by atoms with Gasteiger partial charge in [-0.25, -0.2) is 4.79 Å². The van der Waals surface area contributed by atoms with Crippen molar-refractivity contribution in [2.45, 2.75) is 90.4 Å². The fourth-order valence-corrected chi connectivity index (χ4v) is 4.69. The number of phenols is 1. The lowest BCUT2D eigenvalue weighted by Gasteiger charge is -2.43. The second-order valence-corrected chi connectivity index (χ2v) is 11.3. The van der Waals surface area contributed by atoms with Crippen molar-refractivity contribution in [2.24, 2.45) is 5.73 Å². The number of nitrogens with zero attached hydrogens (tertiary/aromatic N) is 1. The number of carbonyl (C=O) groups is 4. The molecule has 0 aromatic heterocycles. The molecule has 216 valence electrons. The van der Waals surface area contributed by atoms with Gasteiger partial charge in [-0.05, 0) is 89.1 Å². The molecule has 4 amide bonds. The smallest absolute Gasteiger partial charge is 0.408 e. The summed E-state index contributed by atoms with van der Waals surface area (Å²) in [4.78, 5) is 54.1. The van der Waals surface area contributed by atoms with E-state index in [1.807, 2.05) is 32.0 Å². The van der Waals surface area contributed by atoms with Gasteiger partial charge in [-0.1, -0.05) is 30.3 Å². The molecule has 2 aromatic rings. The Kier molecular flexibility index (Phi) is 9.78. The molecule has 0 aliphatic heterocycles. The van der Waals surface area contributed by atoms with Crippen LogP contribution in [0.4, 0.5) is 10.5 Å². The highest BCUT2D eigenvalue weighted by Gasteiger charge is 2.42. The summed E-state index contributed by atoms with van der Waals surface area (Å²) in [7, 11) is 0. The zero-order valence-corrected chi connectivity index (χ0v) is 23.8. The lowest BCUT2D eigenvalue weighted by molar-refractivity contribution is -0.146. The van der Waals surface area contributed by atoms with Gasteiger partial charge in [0, 0.05) is 18.2 Å². The number of hydrogen-bond acceptors (Lipinski definition) is 6. The standard InChI is InChI=1S/C30H40N4O6/c1-18-9-6-10-19(2)25(18)33-27(37)26(20-11-7-14-22(35)17-20)34(21-12-8-13-21)28(38)23(15-16-24(31)36)32-29(39)40-30(3,4)5/h6-7,9-11,14,17,21,23,26,35H,8,12-13,15-16H2,1-5H3,(H2,31,36)(H,32,39)(H,33,37). The fourth-order valence-electron chi connectivity index (χ4n) is 4.69. The van der Waals surface area contributed by atoms with Crippen molar-refractivity contribution in [1.29, 1.82) is 0 Å². The minimum atomic E-state index is -1.17. The second-order valence-electron chi connectivity index (χ2n) is 11.3. The molecule has 2 atom stereocenters. The first-order valence-electron chi connectivity index (χ1n) is 13.5. The molecule has 1 fully saturated rings. The van der Waals surface area contributed by atoms with Gasteiger partial charge in [-0.3, -0.25) is 14.4 Å². The van der Waals surface area contributed by atoms with Crippen molar-refractivity contribution in [3.63, 3.8) is 0 Å². The summed E-state index contributed by atoms with van der Waals surface area (Å²) in [5.74, 6) is -1.69. The number of aryl methyl sites for hydroxylation is 2. The van der Waals surface area contributed by atoms with Crippen LogP contribution < -0.4 is 16.4 Å². The number of aromatic hydroxyl groups is 1. The first kappa shape index (κ1) is 30.5. The van der Waals surface area contributed by atoms with E-state index in [4.69, 9.17) is 10.5 Å². The van der Waals surface area contributed by atoms with Gasteiger partial charge in [-0.2, -0.15) is 0 Å². The van der Waals surface area contributed by atoms with E-state index in [0.717, 1.165) is 17.5 Å². The lowest BCUT2D eigenvalue weighted by Crippen LogP contribution is -2.57. The summed E-state index contributed by atoms with van der Waals surface area (Å²) >= 11 is 0. The number of nitrogens with one attached hydrogen (secondary N) is 2. The van der Waals surface area contributed by atoms with E-state index in [1.165, 1.54) is 17.0 Å². The van der Waals surface area contributed by atoms with Crippen LogP contribution in [0.1, 0.15) is 75.6 Å². The Bertz CT molecular complexity index is 1230. The van der Waals surface area contributed by atoms with Crippen LogP contribution in [-0.4, -0.2) is 51.5 Å². The number of benzene rings is 2. The second kappa shape index (κ2) is 12.8. The van der Waals surface area contributed by atoms with Crippen LogP contribution in [0.25, 0.3) is 0 Å². The molecule has 0 heterocycles. The van der Waals surface area contributed by atoms with E-state index in [2.05, 4.69) is 10.6 Å². The highest BCUT2D eigenvalue weighted by atomic mass is 16.6. The summed E-state index contributed by atoms with van der Waals surface area (Å²) in [6, 6.07) is 9.29. The number of amides is 4. The molecule has 1 aliphatic rings. The normalized spacial score (nSPS) is 14.8. The van der Waals surface area contributed by atoms with Crippen molar-refractivity contribution in [2.75, 3.05) is 5.32 Å². The minimum absolute atomic E-state index is 0.0551. The van der Waals surface area contributed by atoms with Crippen LogP contribution in [0, 0.1) is 13.8 Å². The number of ether oxygens (including phenoxy) is 1. The Morgan fingerprint density at radius 1 is 1.07 bits per heavy atom. The third-order valence-corrected chi connectivity index (χ3v) is 6.83. The number of anilines is 1. The molecular weight excluding hydrogens is 512 g/mol. The van der Waals surface area contributed by atoms with Crippen LogP contribution in [-0.2, 0) is 19.1 Å². The largest absolute Gasteiger partial charge is 0.508 e. The summed E-state index contributed by atoms with van der Waals surface area (Å²) in [6.07, 6.45) is 1.14. The number of primary amides is 1. The Morgan fingerprint density at radius 2 is 1.70 bits per heavy atom. The van der Waals surface area contributed by atoms with E-state index < -0.39 is 41.5 Å². The van der Waals surface area contributed by atoms with Crippen molar-refractivity contribution in [1.82, 2.24) is 10.2 Å². The molecule has 40 heavy (non-hydrogen) atoms. The number of rotatable bonds is 10. The lowest BCUT2D eigenvalue weighted by atomic mass is 9.87. The first-order valence-corrected chi connectivity index (χ1v) is 13.5. The molecular formula is C30H40N4O6. The molecule has 0 radical (unpaired) electrons. The van der Waals surface area contributed by atoms with Crippen LogP contribution in [0.5, 0.6) is 5.75 Å². The van der Waals surface area contributed by atoms with Crippen LogP contribution >= 0.6 is 0 Å². The molecule has 10 heteroatoms. The Hall–Kier alpha value is -4.08. The summed E-state index contributed by atoms with van der Waals surface area (Å²) < 4.78 is 5.37. The molecule has 2 unspecified atom stereocenters. The average molecular weight is 553 g/mol. The summed E-state index contributed by atoms with van der Waals surface area (Å²) in [5, 5.41) is 15.9. The van der Waals surface area contributed by atoms with Crippen molar-refractivity contribution in [3.05, 3.63) is 59.2 Å². The molecule has 10 nitrogen and oxygen atoms in total. The van der Waals surface area contributed by atoms with Crippen LogP contribution in [0.2, 0.25) is 0 Å². The molecule has 0 saturated heterocycles. The molecule has 0 spiro atoms. The summed E-state index contributed by atoms with van der Waals surface area (Å²) in [6.45, 7) is 8.85. The number of hydrogen-bond donors (Lipinski definition) is 4. The highest BCUT2D eigenvalue weighted by Crippen LogP contribution is 2.36. The van der Waals surface area contributed by atoms with Gasteiger partial charge in [0.25, 0.3) is 5.91 Å². The molecule has 3 rings (SSSR count). The predicted octanol–water partition coefficient (Wildman–Crippen LogP) is 4.23. The highest BCUT2D eigenvalue weighted by molar-refractivity contribution is 6.00. The van der Waals surface area contributed by atoms with Crippen LogP contribution in [0.3, 0.4) is 0 Å². The molecule has 1 saturated carbocycles.